The lowest BCUT2D eigenvalue weighted by Crippen LogP contribution is -2.55. The van der Waals surface area contributed by atoms with Crippen LogP contribution >= 0.6 is 0 Å². The molecule has 2 rings (SSSR count). The first kappa shape index (κ1) is 29.8. The second-order valence-electron chi connectivity index (χ2n) is 10.3. The summed E-state index contributed by atoms with van der Waals surface area (Å²) in [6.45, 7) is 10.8. The average molecular weight is 512 g/mol. The second-order valence-corrected chi connectivity index (χ2v) is 10.3. The summed E-state index contributed by atoms with van der Waals surface area (Å²) in [4.78, 5) is 41.5. The Balaban J connectivity index is 2.43. The van der Waals surface area contributed by atoms with E-state index in [1.54, 1.807) is 32.9 Å². The highest BCUT2D eigenvalue weighted by molar-refractivity contribution is 5.92. The number of amides is 3. The zero-order valence-corrected chi connectivity index (χ0v) is 22.8. The summed E-state index contributed by atoms with van der Waals surface area (Å²) in [7, 11) is 0. The summed E-state index contributed by atoms with van der Waals surface area (Å²) < 4.78 is 5.40. The maximum absolute atomic E-state index is 14.0. The van der Waals surface area contributed by atoms with E-state index in [1.165, 1.54) is 4.90 Å². The molecule has 0 aliphatic heterocycles. The first-order valence-corrected chi connectivity index (χ1v) is 12.8. The molecule has 0 fully saturated rings. The molecule has 3 amide bonds. The van der Waals surface area contributed by atoms with Crippen molar-refractivity contribution < 1.29 is 24.2 Å². The Morgan fingerprint density at radius 1 is 1.03 bits per heavy atom. The largest absolute Gasteiger partial charge is 0.444 e. The number of aliphatic hydroxyl groups is 1. The SMILES string of the molecule is CCC(C)C(NC(=O)OC(C)(C)C)C(=O)N(CCO)C(C(=O)NCc1ccccc1)c1ccc(C)cc1. The molecule has 8 heteroatoms. The van der Waals surface area contributed by atoms with Crippen LogP contribution < -0.4 is 10.6 Å². The Bertz CT molecular complexity index is 1020. The molecule has 3 atom stereocenters. The molecule has 3 N–H and O–H groups in total. The van der Waals surface area contributed by atoms with Crippen molar-refractivity contribution in [2.45, 2.75) is 72.2 Å². The van der Waals surface area contributed by atoms with Gasteiger partial charge in [-0.3, -0.25) is 9.59 Å². The highest BCUT2D eigenvalue weighted by Crippen LogP contribution is 2.25. The summed E-state index contributed by atoms with van der Waals surface area (Å²) in [6.07, 6.45) is -0.107. The van der Waals surface area contributed by atoms with Crippen molar-refractivity contribution in [3.63, 3.8) is 0 Å². The predicted octanol–water partition coefficient (Wildman–Crippen LogP) is 4.11. The molecule has 202 valence electrons. The topological polar surface area (TPSA) is 108 Å². The number of rotatable bonds is 11. The molecule has 37 heavy (non-hydrogen) atoms. The Labute approximate surface area is 220 Å². The van der Waals surface area contributed by atoms with Crippen LogP contribution in [0.1, 0.15) is 63.8 Å². The van der Waals surface area contributed by atoms with Crippen LogP contribution in [0.4, 0.5) is 4.79 Å². The van der Waals surface area contributed by atoms with Gasteiger partial charge in [-0.15, -0.1) is 0 Å². The lowest BCUT2D eigenvalue weighted by Gasteiger charge is -2.35. The van der Waals surface area contributed by atoms with Gasteiger partial charge in [0.25, 0.3) is 0 Å². The standard InChI is InChI=1S/C29H41N3O5/c1-7-21(3)24(31-28(36)37-29(4,5)6)27(35)32(17-18-33)25(23-15-13-20(2)14-16-23)26(34)30-19-22-11-9-8-10-12-22/h8-16,21,24-25,33H,7,17-19H2,1-6H3,(H,30,34)(H,31,36). The fourth-order valence-corrected chi connectivity index (χ4v) is 3.87. The number of benzene rings is 2. The van der Waals surface area contributed by atoms with Crippen LogP contribution in [0.5, 0.6) is 0 Å². The van der Waals surface area contributed by atoms with E-state index in [0.717, 1.165) is 11.1 Å². The van der Waals surface area contributed by atoms with Crippen LogP contribution in [0.25, 0.3) is 0 Å². The Hall–Kier alpha value is -3.39. The normalized spacial score (nSPS) is 13.7. The third kappa shape index (κ3) is 9.21. The zero-order chi connectivity index (χ0) is 27.6. The minimum atomic E-state index is -1.00. The summed E-state index contributed by atoms with van der Waals surface area (Å²) >= 11 is 0. The number of nitrogens with zero attached hydrogens (tertiary/aromatic N) is 1. The number of nitrogens with one attached hydrogen (secondary N) is 2. The molecule has 3 unspecified atom stereocenters. The highest BCUT2D eigenvalue weighted by Gasteiger charge is 2.37. The summed E-state index contributed by atoms with van der Waals surface area (Å²) in [5.74, 6) is -1.09. The number of hydrogen-bond acceptors (Lipinski definition) is 5. The van der Waals surface area contributed by atoms with E-state index < -0.39 is 29.7 Å². The molecular weight excluding hydrogens is 470 g/mol. The lowest BCUT2D eigenvalue weighted by molar-refractivity contribution is -0.144. The minimum absolute atomic E-state index is 0.0843. The minimum Gasteiger partial charge on any atom is -0.444 e. The van der Waals surface area contributed by atoms with E-state index in [1.807, 2.05) is 63.2 Å². The van der Waals surface area contributed by atoms with E-state index in [4.69, 9.17) is 4.74 Å². The van der Waals surface area contributed by atoms with E-state index in [9.17, 15) is 19.5 Å². The monoisotopic (exact) mass is 511 g/mol. The Kier molecular flexibility index (Phi) is 11.1. The fraction of sp³-hybridized carbons (Fsp3) is 0.483. The van der Waals surface area contributed by atoms with Crippen LogP contribution in [0.2, 0.25) is 0 Å². The van der Waals surface area contributed by atoms with E-state index in [-0.39, 0.29) is 31.5 Å². The van der Waals surface area contributed by atoms with Crippen LogP contribution in [-0.2, 0) is 20.9 Å². The molecule has 0 aromatic heterocycles. The van der Waals surface area contributed by atoms with Crippen molar-refractivity contribution in [3.8, 4) is 0 Å². The van der Waals surface area contributed by atoms with Gasteiger partial charge in [0.1, 0.15) is 17.7 Å². The van der Waals surface area contributed by atoms with Gasteiger partial charge in [0.15, 0.2) is 0 Å². The fourth-order valence-electron chi connectivity index (χ4n) is 3.87. The number of aliphatic hydroxyl groups excluding tert-OH is 1. The molecule has 0 radical (unpaired) electrons. The van der Waals surface area contributed by atoms with Gasteiger partial charge in [0, 0.05) is 13.1 Å². The molecule has 2 aromatic rings. The zero-order valence-electron chi connectivity index (χ0n) is 22.8. The van der Waals surface area contributed by atoms with Crippen molar-refractivity contribution in [1.82, 2.24) is 15.5 Å². The van der Waals surface area contributed by atoms with Gasteiger partial charge >= 0.3 is 6.09 Å². The lowest BCUT2D eigenvalue weighted by atomic mass is 9.95. The van der Waals surface area contributed by atoms with Gasteiger partial charge < -0.3 is 25.4 Å². The van der Waals surface area contributed by atoms with Crippen LogP contribution in [0.15, 0.2) is 54.6 Å². The maximum Gasteiger partial charge on any atom is 0.408 e. The third-order valence-electron chi connectivity index (χ3n) is 6.04. The molecule has 0 bridgehead atoms. The van der Waals surface area contributed by atoms with Gasteiger partial charge in [0.2, 0.25) is 11.8 Å². The third-order valence-corrected chi connectivity index (χ3v) is 6.04. The quantitative estimate of drug-likeness (QED) is 0.421. The number of alkyl carbamates (subject to hydrolysis) is 1. The predicted molar refractivity (Wildman–Crippen MR) is 144 cm³/mol. The summed E-state index contributed by atoms with van der Waals surface area (Å²) in [5, 5.41) is 15.5. The summed E-state index contributed by atoms with van der Waals surface area (Å²) in [5.41, 5.74) is 1.80. The molecule has 0 aliphatic rings. The average Bonchev–Trinajstić information content (AvgIpc) is 2.85. The Morgan fingerprint density at radius 2 is 1.65 bits per heavy atom. The van der Waals surface area contributed by atoms with Crippen LogP contribution in [0.3, 0.4) is 0 Å². The summed E-state index contributed by atoms with van der Waals surface area (Å²) in [6, 6.07) is 14.9. The van der Waals surface area contributed by atoms with Crippen molar-refractivity contribution >= 4 is 17.9 Å². The van der Waals surface area contributed by atoms with E-state index >= 15 is 0 Å². The molecule has 0 heterocycles. The maximum atomic E-state index is 14.0. The van der Waals surface area contributed by atoms with Gasteiger partial charge in [-0.2, -0.15) is 0 Å². The number of aryl methyl sites for hydroxylation is 1. The highest BCUT2D eigenvalue weighted by atomic mass is 16.6. The van der Waals surface area contributed by atoms with Crippen LogP contribution in [0, 0.1) is 12.8 Å². The van der Waals surface area contributed by atoms with Gasteiger partial charge in [-0.25, -0.2) is 4.79 Å². The molecule has 2 aromatic carbocycles. The molecule has 8 nitrogen and oxygen atoms in total. The molecule has 0 spiro atoms. The van der Waals surface area contributed by atoms with Gasteiger partial charge in [-0.1, -0.05) is 80.4 Å². The molecule has 0 saturated carbocycles. The molecule has 0 saturated heterocycles. The van der Waals surface area contributed by atoms with Crippen molar-refractivity contribution in [3.05, 3.63) is 71.3 Å². The first-order valence-electron chi connectivity index (χ1n) is 12.8. The number of ether oxygens (including phenoxy) is 1. The van der Waals surface area contributed by atoms with Crippen molar-refractivity contribution in [2.24, 2.45) is 5.92 Å². The van der Waals surface area contributed by atoms with Crippen LogP contribution in [-0.4, -0.2) is 52.7 Å². The number of hydrogen-bond donors (Lipinski definition) is 3. The van der Waals surface area contributed by atoms with Crippen molar-refractivity contribution in [2.75, 3.05) is 13.2 Å². The molecular formula is C29H41N3O5. The van der Waals surface area contributed by atoms with Gasteiger partial charge in [-0.05, 0) is 44.7 Å². The second kappa shape index (κ2) is 13.8. The van der Waals surface area contributed by atoms with E-state index in [2.05, 4.69) is 10.6 Å². The Morgan fingerprint density at radius 3 is 2.19 bits per heavy atom. The first-order chi connectivity index (χ1) is 17.5. The number of carbonyl (C=O) groups is 3. The van der Waals surface area contributed by atoms with Gasteiger partial charge in [0.05, 0.1) is 6.61 Å². The number of carbonyl (C=O) groups excluding carboxylic acids is 3. The van der Waals surface area contributed by atoms with Crippen molar-refractivity contribution in [1.29, 1.82) is 0 Å². The molecule has 0 aliphatic carbocycles. The smallest absolute Gasteiger partial charge is 0.408 e. The van der Waals surface area contributed by atoms with E-state index in [0.29, 0.717) is 12.0 Å².